The molecule has 0 fully saturated rings. The average Bonchev–Trinajstić information content (AvgIpc) is 2.19. The summed E-state index contributed by atoms with van der Waals surface area (Å²) in [6.07, 6.45) is 7.34. The second-order valence-corrected chi connectivity index (χ2v) is 1.56. The minimum Gasteiger partial charge on any atom is -0.472 e. The Labute approximate surface area is 48.6 Å². The van der Waals surface area contributed by atoms with E-state index in [4.69, 9.17) is 4.42 Å². The van der Waals surface area contributed by atoms with Crippen LogP contribution >= 0.6 is 0 Å². The van der Waals surface area contributed by atoms with Crippen LogP contribution in [0.3, 0.4) is 0 Å². The van der Waals surface area contributed by atoms with Crippen LogP contribution in [-0.2, 0) is 0 Å². The molecule has 1 aromatic heterocycles. The Bertz CT molecular complexity index is 161. The lowest BCUT2D eigenvalue weighted by molar-refractivity contribution is 0.567. The molecular formula is C7H8O. The topological polar surface area (TPSA) is 13.1 Å². The van der Waals surface area contributed by atoms with Crippen LogP contribution in [0.1, 0.15) is 12.5 Å². The smallest absolute Gasteiger partial charge is 0.0974 e. The summed E-state index contributed by atoms with van der Waals surface area (Å²) in [7, 11) is 0. The molecule has 1 aromatic rings. The summed E-state index contributed by atoms with van der Waals surface area (Å²) >= 11 is 0. The molecule has 0 spiro atoms. The Hall–Kier alpha value is -0.980. The van der Waals surface area contributed by atoms with Crippen molar-refractivity contribution in [1.29, 1.82) is 0 Å². The van der Waals surface area contributed by atoms with E-state index >= 15 is 0 Å². The molecule has 42 valence electrons. The van der Waals surface area contributed by atoms with Crippen LogP contribution in [0.2, 0.25) is 0 Å². The van der Waals surface area contributed by atoms with Gasteiger partial charge in [0, 0.05) is 5.56 Å². The maximum atomic E-state index is 4.82. The molecule has 0 aliphatic heterocycles. The van der Waals surface area contributed by atoms with Gasteiger partial charge >= 0.3 is 0 Å². The molecule has 0 saturated heterocycles. The lowest BCUT2D eigenvalue weighted by Crippen LogP contribution is -1.54. The zero-order valence-electron chi connectivity index (χ0n) is 4.79. The molecule has 1 nitrogen and oxygen atoms in total. The van der Waals surface area contributed by atoms with Gasteiger partial charge < -0.3 is 4.42 Å². The van der Waals surface area contributed by atoms with Crippen molar-refractivity contribution >= 4 is 6.08 Å². The highest BCUT2D eigenvalue weighted by Crippen LogP contribution is 2.00. The molecule has 0 aliphatic carbocycles. The van der Waals surface area contributed by atoms with E-state index in [0.29, 0.717) is 0 Å². The third kappa shape index (κ3) is 0.997. The van der Waals surface area contributed by atoms with Gasteiger partial charge in [-0.25, -0.2) is 0 Å². The van der Waals surface area contributed by atoms with Gasteiger partial charge in [-0.1, -0.05) is 12.2 Å². The molecule has 1 rings (SSSR count). The average molecular weight is 108 g/mol. The van der Waals surface area contributed by atoms with E-state index in [0.717, 1.165) is 5.56 Å². The fourth-order valence-electron chi connectivity index (χ4n) is 0.562. The molecular weight excluding hydrogens is 100 g/mol. The van der Waals surface area contributed by atoms with Crippen LogP contribution in [0.15, 0.2) is 29.1 Å². The molecule has 0 aliphatic rings. The molecule has 0 atom stereocenters. The zero-order chi connectivity index (χ0) is 5.82. The fraction of sp³-hybridized carbons (Fsp3) is 0.143. The summed E-state index contributed by atoms with van der Waals surface area (Å²) in [5.74, 6) is 0. The van der Waals surface area contributed by atoms with Crippen LogP contribution in [0.4, 0.5) is 0 Å². The molecule has 1 heterocycles. The van der Waals surface area contributed by atoms with E-state index in [2.05, 4.69) is 0 Å². The first-order valence-corrected chi connectivity index (χ1v) is 2.58. The highest BCUT2D eigenvalue weighted by atomic mass is 16.3. The predicted octanol–water partition coefficient (Wildman–Crippen LogP) is 2.31. The van der Waals surface area contributed by atoms with Crippen molar-refractivity contribution in [1.82, 2.24) is 0 Å². The van der Waals surface area contributed by atoms with E-state index in [1.54, 1.807) is 12.5 Å². The highest BCUT2D eigenvalue weighted by Gasteiger charge is 1.81. The summed E-state index contributed by atoms with van der Waals surface area (Å²) in [5, 5.41) is 0. The van der Waals surface area contributed by atoms with Crippen molar-refractivity contribution in [3.05, 3.63) is 30.2 Å². The monoisotopic (exact) mass is 108 g/mol. The molecule has 0 N–H and O–H groups in total. The molecule has 0 radical (unpaired) electrons. The maximum Gasteiger partial charge on any atom is 0.0974 e. The van der Waals surface area contributed by atoms with Gasteiger partial charge in [-0.2, -0.15) is 0 Å². The Kier molecular flexibility index (Phi) is 1.52. The Morgan fingerprint density at radius 1 is 1.62 bits per heavy atom. The van der Waals surface area contributed by atoms with Gasteiger partial charge in [-0.3, -0.25) is 0 Å². The Balaban J connectivity index is 2.77. The zero-order valence-corrected chi connectivity index (χ0v) is 4.79. The van der Waals surface area contributed by atoms with E-state index < -0.39 is 0 Å². The van der Waals surface area contributed by atoms with Crippen molar-refractivity contribution in [2.45, 2.75) is 6.92 Å². The number of rotatable bonds is 1. The maximum absolute atomic E-state index is 4.82. The molecule has 0 unspecified atom stereocenters. The Morgan fingerprint density at radius 3 is 3.00 bits per heavy atom. The normalized spacial score (nSPS) is 10.6. The van der Waals surface area contributed by atoms with Crippen molar-refractivity contribution in [2.24, 2.45) is 0 Å². The number of allylic oxidation sites excluding steroid dienone is 1. The van der Waals surface area contributed by atoms with Gasteiger partial charge in [0.05, 0.1) is 12.5 Å². The first-order chi connectivity index (χ1) is 3.93. The fourth-order valence-corrected chi connectivity index (χ4v) is 0.562. The molecule has 8 heavy (non-hydrogen) atoms. The quantitative estimate of drug-likeness (QED) is 0.538. The number of hydrogen-bond acceptors (Lipinski definition) is 1. The van der Waals surface area contributed by atoms with E-state index in [1.807, 2.05) is 25.1 Å². The second kappa shape index (κ2) is 2.36. The standard InChI is InChI=1S/C7H8O/c1-2-3-7-4-5-8-6-7/h2-6H,1H3. The third-order valence-corrected chi connectivity index (χ3v) is 0.902. The molecule has 0 saturated carbocycles. The summed E-state index contributed by atoms with van der Waals surface area (Å²) in [5.41, 5.74) is 1.12. The van der Waals surface area contributed by atoms with Gasteiger partial charge in [0.25, 0.3) is 0 Å². The number of hydrogen-bond donors (Lipinski definition) is 0. The SMILES string of the molecule is CC=Cc1ccoc1. The van der Waals surface area contributed by atoms with Gasteiger partial charge in [0.15, 0.2) is 0 Å². The van der Waals surface area contributed by atoms with Crippen molar-refractivity contribution in [3.8, 4) is 0 Å². The van der Waals surface area contributed by atoms with Crippen LogP contribution in [-0.4, -0.2) is 0 Å². The van der Waals surface area contributed by atoms with Crippen molar-refractivity contribution in [3.63, 3.8) is 0 Å². The minimum atomic E-state index is 1.12. The van der Waals surface area contributed by atoms with Crippen molar-refractivity contribution in [2.75, 3.05) is 0 Å². The summed E-state index contributed by atoms with van der Waals surface area (Å²) in [6.45, 7) is 1.98. The van der Waals surface area contributed by atoms with E-state index in [-0.39, 0.29) is 0 Å². The van der Waals surface area contributed by atoms with Crippen LogP contribution < -0.4 is 0 Å². The first-order valence-electron chi connectivity index (χ1n) is 2.58. The van der Waals surface area contributed by atoms with Crippen molar-refractivity contribution < 1.29 is 4.42 Å². The van der Waals surface area contributed by atoms with E-state index in [9.17, 15) is 0 Å². The summed E-state index contributed by atoms with van der Waals surface area (Å²) in [6, 6.07) is 1.92. The van der Waals surface area contributed by atoms with Crippen LogP contribution in [0, 0.1) is 0 Å². The first kappa shape index (κ1) is 5.16. The lowest BCUT2D eigenvalue weighted by atomic mass is 10.3. The number of furan rings is 1. The third-order valence-electron chi connectivity index (χ3n) is 0.902. The van der Waals surface area contributed by atoms with E-state index in [1.165, 1.54) is 0 Å². The minimum absolute atomic E-state index is 1.12. The molecule has 1 heteroatoms. The highest BCUT2D eigenvalue weighted by molar-refractivity contribution is 5.46. The molecule has 0 amide bonds. The molecule has 0 aromatic carbocycles. The van der Waals surface area contributed by atoms with Gasteiger partial charge in [-0.15, -0.1) is 0 Å². The second-order valence-electron chi connectivity index (χ2n) is 1.56. The summed E-state index contributed by atoms with van der Waals surface area (Å²) < 4.78 is 4.82. The largest absolute Gasteiger partial charge is 0.472 e. The molecule has 0 bridgehead atoms. The van der Waals surface area contributed by atoms with Crippen LogP contribution in [0.5, 0.6) is 0 Å². The van der Waals surface area contributed by atoms with Gasteiger partial charge in [0.2, 0.25) is 0 Å². The van der Waals surface area contributed by atoms with Gasteiger partial charge in [0.1, 0.15) is 0 Å². The predicted molar refractivity (Wildman–Crippen MR) is 33.4 cm³/mol. The lowest BCUT2D eigenvalue weighted by Gasteiger charge is -1.73. The Morgan fingerprint density at radius 2 is 2.50 bits per heavy atom. The summed E-state index contributed by atoms with van der Waals surface area (Å²) in [4.78, 5) is 0. The van der Waals surface area contributed by atoms with Gasteiger partial charge in [-0.05, 0) is 13.0 Å². The van der Waals surface area contributed by atoms with Crippen LogP contribution in [0.25, 0.3) is 6.08 Å².